The van der Waals surface area contributed by atoms with Crippen LogP contribution in [0.3, 0.4) is 0 Å². The van der Waals surface area contributed by atoms with Crippen LogP contribution in [0.5, 0.6) is 0 Å². The van der Waals surface area contributed by atoms with Gasteiger partial charge in [-0.25, -0.2) is 0 Å². The Morgan fingerprint density at radius 2 is 2.08 bits per heavy atom. The van der Waals surface area contributed by atoms with Crippen LogP contribution in [0.25, 0.3) is 17.2 Å². The molecule has 9 nitrogen and oxygen atoms in total. The number of rotatable bonds is 5. The molecule has 4 heterocycles. The molecule has 4 aromatic heterocycles. The topological polar surface area (TPSA) is 111 Å². The van der Waals surface area contributed by atoms with Gasteiger partial charge in [0.25, 0.3) is 0 Å². The molecule has 25 heavy (non-hydrogen) atoms. The third-order valence-electron chi connectivity index (χ3n) is 3.49. The van der Waals surface area contributed by atoms with Crippen molar-refractivity contribution in [3.63, 3.8) is 0 Å². The molecule has 0 atom stereocenters. The molecule has 0 bridgehead atoms. The minimum atomic E-state index is -0.212. The Bertz CT molecular complexity index is 1010. The number of carbonyl (C=O) groups is 1. The molecule has 9 heteroatoms. The maximum atomic E-state index is 12.1. The Labute approximate surface area is 141 Å². The first-order chi connectivity index (χ1) is 12.3. The number of hydrogen-bond donors (Lipinski definition) is 1. The minimum Gasteiger partial charge on any atom is -0.339 e. The zero-order valence-corrected chi connectivity index (χ0v) is 13.0. The molecule has 0 fully saturated rings. The third-order valence-corrected chi connectivity index (χ3v) is 3.49. The third kappa shape index (κ3) is 3.20. The normalized spacial score (nSPS) is 10.9. The SMILES string of the molecule is O=C(CCc1nc(-c2ccccn2)no1)Nc1nnc2ccccn12. The number of aryl methyl sites for hydroxylation is 1. The fourth-order valence-electron chi connectivity index (χ4n) is 2.29. The van der Waals surface area contributed by atoms with E-state index in [0.717, 1.165) is 0 Å². The van der Waals surface area contributed by atoms with Crippen LogP contribution in [-0.2, 0) is 11.2 Å². The number of pyridine rings is 2. The molecule has 4 rings (SSSR count). The average Bonchev–Trinajstić information content (AvgIpc) is 3.28. The number of carbonyl (C=O) groups excluding carboxylic acids is 1. The summed E-state index contributed by atoms with van der Waals surface area (Å²) >= 11 is 0. The number of fused-ring (bicyclic) bond motifs is 1. The summed E-state index contributed by atoms with van der Waals surface area (Å²) in [6, 6.07) is 10.9. The molecule has 0 aliphatic rings. The van der Waals surface area contributed by atoms with Crippen LogP contribution in [0.2, 0.25) is 0 Å². The summed E-state index contributed by atoms with van der Waals surface area (Å²) in [5.74, 6) is 0.942. The highest BCUT2D eigenvalue weighted by Gasteiger charge is 2.13. The molecule has 0 aromatic carbocycles. The van der Waals surface area contributed by atoms with E-state index in [4.69, 9.17) is 4.52 Å². The summed E-state index contributed by atoms with van der Waals surface area (Å²) in [5, 5.41) is 14.5. The van der Waals surface area contributed by atoms with Crippen LogP contribution in [-0.4, -0.2) is 35.6 Å². The van der Waals surface area contributed by atoms with Crippen molar-refractivity contribution in [2.45, 2.75) is 12.8 Å². The van der Waals surface area contributed by atoms with Gasteiger partial charge in [-0.15, -0.1) is 10.2 Å². The van der Waals surface area contributed by atoms with Gasteiger partial charge in [0.1, 0.15) is 5.69 Å². The molecule has 0 radical (unpaired) electrons. The fraction of sp³-hybridized carbons (Fsp3) is 0.125. The summed E-state index contributed by atoms with van der Waals surface area (Å²) < 4.78 is 6.86. The van der Waals surface area contributed by atoms with Gasteiger partial charge in [-0.2, -0.15) is 4.98 Å². The quantitative estimate of drug-likeness (QED) is 0.591. The van der Waals surface area contributed by atoms with Gasteiger partial charge in [-0.3, -0.25) is 19.5 Å². The van der Waals surface area contributed by atoms with Crippen molar-refractivity contribution in [2.75, 3.05) is 5.32 Å². The summed E-state index contributed by atoms with van der Waals surface area (Å²) in [6.45, 7) is 0. The monoisotopic (exact) mass is 335 g/mol. The Hall–Kier alpha value is -3.62. The van der Waals surface area contributed by atoms with E-state index in [1.165, 1.54) is 0 Å². The van der Waals surface area contributed by atoms with Gasteiger partial charge in [0.05, 0.1) is 0 Å². The second-order valence-electron chi connectivity index (χ2n) is 5.23. The number of hydrogen-bond acceptors (Lipinski definition) is 7. The van der Waals surface area contributed by atoms with Crippen molar-refractivity contribution < 1.29 is 9.32 Å². The van der Waals surface area contributed by atoms with Crippen molar-refractivity contribution in [3.8, 4) is 11.5 Å². The Kier molecular flexibility index (Phi) is 3.87. The van der Waals surface area contributed by atoms with E-state index < -0.39 is 0 Å². The minimum absolute atomic E-state index is 0.186. The van der Waals surface area contributed by atoms with Crippen molar-refractivity contribution in [1.82, 2.24) is 29.7 Å². The van der Waals surface area contributed by atoms with Crippen molar-refractivity contribution in [3.05, 3.63) is 54.7 Å². The summed E-state index contributed by atoms with van der Waals surface area (Å²) in [5.41, 5.74) is 1.28. The molecule has 0 unspecified atom stereocenters. The lowest BCUT2D eigenvalue weighted by atomic mass is 10.3. The lowest BCUT2D eigenvalue weighted by Crippen LogP contribution is -2.14. The second-order valence-corrected chi connectivity index (χ2v) is 5.23. The van der Waals surface area contributed by atoms with E-state index in [9.17, 15) is 4.79 Å². The van der Waals surface area contributed by atoms with Gasteiger partial charge in [0.15, 0.2) is 5.65 Å². The smallest absolute Gasteiger partial charge is 0.235 e. The molecular formula is C16H13N7O2. The van der Waals surface area contributed by atoms with Gasteiger partial charge in [-0.1, -0.05) is 17.3 Å². The first kappa shape index (κ1) is 14.9. The standard InChI is InChI=1S/C16H13N7O2/c24-13(18-16-21-20-12-6-2-4-10-23(12)16)7-8-14-19-15(22-25-14)11-5-1-3-9-17-11/h1-6,9-10H,7-8H2,(H,18,21,24). The van der Waals surface area contributed by atoms with E-state index in [-0.39, 0.29) is 12.3 Å². The zero-order chi connectivity index (χ0) is 17.1. The van der Waals surface area contributed by atoms with Crippen LogP contribution in [0.1, 0.15) is 12.3 Å². The van der Waals surface area contributed by atoms with E-state index >= 15 is 0 Å². The first-order valence-electron chi connectivity index (χ1n) is 7.63. The number of aromatic nitrogens is 6. The largest absolute Gasteiger partial charge is 0.339 e. The van der Waals surface area contributed by atoms with Gasteiger partial charge in [0.2, 0.25) is 23.6 Å². The molecular weight excluding hydrogens is 322 g/mol. The first-order valence-corrected chi connectivity index (χ1v) is 7.63. The van der Waals surface area contributed by atoms with Crippen LogP contribution < -0.4 is 5.32 Å². The van der Waals surface area contributed by atoms with Gasteiger partial charge in [0, 0.05) is 25.2 Å². The predicted octanol–water partition coefficient (Wildman–Crippen LogP) is 1.75. The number of amides is 1. The maximum Gasteiger partial charge on any atom is 0.235 e. The highest BCUT2D eigenvalue weighted by molar-refractivity contribution is 5.89. The Morgan fingerprint density at radius 3 is 2.96 bits per heavy atom. The van der Waals surface area contributed by atoms with Crippen LogP contribution in [0.15, 0.2) is 53.3 Å². The molecule has 0 saturated heterocycles. The zero-order valence-electron chi connectivity index (χ0n) is 13.0. The fourth-order valence-corrected chi connectivity index (χ4v) is 2.29. The summed E-state index contributed by atoms with van der Waals surface area (Å²) in [6.07, 6.45) is 3.94. The van der Waals surface area contributed by atoms with E-state index in [0.29, 0.717) is 35.4 Å². The van der Waals surface area contributed by atoms with Crippen molar-refractivity contribution in [2.24, 2.45) is 0 Å². The highest BCUT2D eigenvalue weighted by Crippen LogP contribution is 2.13. The van der Waals surface area contributed by atoms with Crippen LogP contribution in [0, 0.1) is 0 Å². The van der Waals surface area contributed by atoms with Gasteiger partial charge < -0.3 is 4.52 Å². The number of nitrogens with zero attached hydrogens (tertiary/aromatic N) is 6. The van der Waals surface area contributed by atoms with Crippen molar-refractivity contribution in [1.29, 1.82) is 0 Å². The predicted molar refractivity (Wildman–Crippen MR) is 87.5 cm³/mol. The van der Waals surface area contributed by atoms with Gasteiger partial charge >= 0.3 is 0 Å². The number of anilines is 1. The molecule has 0 aliphatic carbocycles. The van der Waals surface area contributed by atoms with Gasteiger partial charge in [-0.05, 0) is 24.3 Å². The van der Waals surface area contributed by atoms with Crippen molar-refractivity contribution >= 4 is 17.5 Å². The highest BCUT2D eigenvalue weighted by atomic mass is 16.5. The molecule has 1 N–H and O–H groups in total. The Morgan fingerprint density at radius 1 is 1.16 bits per heavy atom. The number of nitrogens with one attached hydrogen (secondary N) is 1. The maximum absolute atomic E-state index is 12.1. The second kappa shape index (κ2) is 6.48. The van der Waals surface area contributed by atoms with E-state index in [1.807, 2.05) is 24.3 Å². The molecule has 4 aromatic rings. The van der Waals surface area contributed by atoms with E-state index in [2.05, 4.69) is 30.6 Å². The molecule has 0 aliphatic heterocycles. The van der Waals surface area contributed by atoms with Crippen LogP contribution in [0.4, 0.5) is 5.95 Å². The Balaban J connectivity index is 1.38. The van der Waals surface area contributed by atoms with E-state index in [1.54, 1.807) is 28.9 Å². The lowest BCUT2D eigenvalue weighted by molar-refractivity contribution is -0.116. The summed E-state index contributed by atoms with van der Waals surface area (Å²) in [7, 11) is 0. The average molecular weight is 335 g/mol. The lowest BCUT2D eigenvalue weighted by Gasteiger charge is -2.01. The molecule has 0 spiro atoms. The summed E-state index contributed by atoms with van der Waals surface area (Å²) in [4.78, 5) is 20.5. The molecule has 1 amide bonds. The molecule has 124 valence electrons. The molecule has 0 saturated carbocycles. The van der Waals surface area contributed by atoms with Crippen LogP contribution >= 0.6 is 0 Å².